The van der Waals surface area contributed by atoms with Gasteiger partial charge in [-0.05, 0) is 18.1 Å². The van der Waals surface area contributed by atoms with Crippen LogP contribution in [-0.2, 0) is 11.3 Å². The van der Waals surface area contributed by atoms with Gasteiger partial charge in [0.05, 0.1) is 12.8 Å². The van der Waals surface area contributed by atoms with E-state index < -0.39 is 12.0 Å². The fraction of sp³-hybridized carbons (Fsp3) is 0.417. The first-order valence-electron chi connectivity index (χ1n) is 5.90. The third-order valence-electron chi connectivity index (χ3n) is 2.61. The third kappa shape index (κ3) is 3.19. The first-order valence-corrected chi connectivity index (χ1v) is 5.90. The average molecular weight is 265 g/mol. The molecular weight excluding hydrogens is 250 g/mol. The average Bonchev–Trinajstić information content (AvgIpc) is 2.98. The maximum absolute atomic E-state index is 11.0. The van der Waals surface area contributed by atoms with E-state index in [-0.39, 0.29) is 18.4 Å². The SMILES string of the molecule is CC(C)C(NCc1noc(-c2ccco2)n1)C(=O)O. The van der Waals surface area contributed by atoms with Crippen molar-refractivity contribution < 1.29 is 18.8 Å². The topological polar surface area (TPSA) is 101 Å². The second-order valence-electron chi connectivity index (χ2n) is 4.43. The van der Waals surface area contributed by atoms with Gasteiger partial charge in [0.2, 0.25) is 0 Å². The van der Waals surface area contributed by atoms with Crippen molar-refractivity contribution in [3.8, 4) is 11.7 Å². The molecule has 7 nitrogen and oxygen atoms in total. The molecule has 0 aliphatic rings. The number of aromatic nitrogens is 2. The van der Waals surface area contributed by atoms with E-state index in [4.69, 9.17) is 14.0 Å². The van der Waals surface area contributed by atoms with Crippen molar-refractivity contribution in [3.63, 3.8) is 0 Å². The zero-order valence-corrected chi connectivity index (χ0v) is 10.7. The van der Waals surface area contributed by atoms with Crippen LogP contribution in [-0.4, -0.2) is 27.3 Å². The number of rotatable bonds is 6. The van der Waals surface area contributed by atoms with Gasteiger partial charge < -0.3 is 14.0 Å². The van der Waals surface area contributed by atoms with Gasteiger partial charge in [-0.25, -0.2) is 0 Å². The predicted molar refractivity (Wildman–Crippen MR) is 65.1 cm³/mol. The van der Waals surface area contributed by atoms with Gasteiger partial charge in [-0.15, -0.1) is 0 Å². The van der Waals surface area contributed by atoms with Crippen molar-refractivity contribution in [2.24, 2.45) is 5.92 Å². The molecule has 0 spiro atoms. The van der Waals surface area contributed by atoms with E-state index in [1.165, 1.54) is 6.26 Å². The molecule has 2 N–H and O–H groups in total. The lowest BCUT2D eigenvalue weighted by molar-refractivity contribution is -0.140. The predicted octanol–water partition coefficient (Wildman–Crippen LogP) is 1.53. The molecule has 0 aliphatic heterocycles. The van der Waals surface area contributed by atoms with E-state index in [0.29, 0.717) is 11.6 Å². The van der Waals surface area contributed by atoms with Crippen LogP contribution in [0.25, 0.3) is 11.7 Å². The van der Waals surface area contributed by atoms with Gasteiger partial charge >= 0.3 is 5.97 Å². The van der Waals surface area contributed by atoms with Crippen molar-refractivity contribution in [1.82, 2.24) is 15.5 Å². The number of carboxylic acid groups (broad SMARTS) is 1. The van der Waals surface area contributed by atoms with E-state index in [0.717, 1.165) is 0 Å². The van der Waals surface area contributed by atoms with Crippen molar-refractivity contribution in [3.05, 3.63) is 24.2 Å². The molecule has 2 aromatic rings. The summed E-state index contributed by atoms with van der Waals surface area (Å²) in [4.78, 5) is 15.1. The van der Waals surface area contributed by atoms with Gasteiger partial charge in [0.15, 0.2) is 11.6 Å². The van der Waals surface area contributed by atoms with Crippen molar-refractivity contribution in [1.29, 1.82) is 0 Å². The summed E-state index contributed by atoms with van der Waals surface area (Å²) in [6, 6.07) is 2.78. The number of nitrogens with zero attached hydrogens (tertiary/aromatic N) is 2. The van der Waals surface area contributed by atoms with E-state index in [2.05, 4.69) is 15.5 Å². The summed E-state index contributed by atoms with van der Waals surface area (Å²) in [5, 5.41) is 15.7. The van der Waals surface area contributed by atoms with Crippen LogP contribution in [0.15, 0.2) is 27.3 Å². The number of aliphatic carboxylic acids is 1. The van der Waals surface area contributed by atoms with Crippen LogP contribution in [0.4, 0.5) is 0 Å². The van der Waals surface area contributed by atoms with Gasteiger partial charge in [-0.3, -0.25) is 10.1 Å². The minimum Gasteiger partial charge on any atom is -0.480 e. The summed E-state index contributed by atoms with van der Waals surface area (Å²) in [6.07, 6.45) is 1.51. The molecule has 1 unspecified atom stereocenters. The molecule has 0 aliphatic carbocycles. The van der Waals surface area contributed by atoms with Crippen LogP contribution >= 0.6 is 0 Å². The first-order chi connectivity index (χ1) is 9.08. The molecule has 0 saturated carbocycles. The molecule has 2 aromatic heterocycles. The molecule has 2 rings (SSSR count). The fourth-order valence-electron chi connectivity index (χ4n) is 1.64. The summed E-state index contributed by atoms with van der Waals surface area (Å²) >= 11 is 0. The standard InChI is InChI=1S/C12H15N3O4/c1-7(2)10(12(16)17)13-6-9-14-11(19-15-9)8-4-3-5-18-8/h3-5,7,10,13H,6H2,1-2H3,(H,16,17). The molecule has 0 aromatic carbocycles. The van der Waals surface area contributed by atoms with Crippen molar-refractivity contribution in [2.45, 2.75) is 26.4 Å². The number of hydrogen-bond donors (Lipinski definition) is 2. The maximum atomic E-state index is 11.0. The van der Waals surface area contributed by atoms with Crippen molar-refractivity contribution in [2.75, 3.05) is 0 Å². The van der Waals surface area contributed by atoms with Crippen LogP contribution in [0.2, 0.25) is 0 Å². The molecule has 7 heteroatoms. The van der Waals surface area contributed by atoms with E-state index >= 15 is 0 Å². The molecule has 2 heterocycles. The van der Waals surface area contributed by atoms with Crippen LogP contribution in [0.5, 0.6) is 0 Å². The Morgan fingerprint density at radius 1 is 1.53 bits per heavy atom. The smallest absolute Gasteiger partial charge is 0.320 e. The highest BCUT2D eigenvalue weighted by atomic mass is 16.5. The molecule has 1 atom stereocenters. The number of carbonyl (C=O) groups is 1. The Balaban J connectivity index is 1.99. The Morgan fingerprint density at radius 2 is 2.32 bits per heavy atom. The second-order valence-corrected chi connectivity index (χ2v) is 4.43. The summed E-state index contributed by atoms with van der Waals surface area (Å²) in [5.74, 6) is 0.215. The highest BCUT2D eigenvalue weighted by Crippen LogP contribution is 2.17. The van der Waals surface area contributed by atoms with Crippen LogP contribution < -0.4 is 5.32 Å². The molecule has 0 fully saturated rings. The Morgan fingerprint density at radius 3 is 2.89 bits per heavy atom. The lowest BCUT2D eigenvalue weighted by atomic mass is 10.1. The van der Waals surface area contributed by atoms with E-state index in [1.807, 2.05) is 13.8 Å². The molecule has 102 valence electrons. The molecule has 0 bridgehead atoms. The molecule has 0 amide bonds. The largest absolute Gasteiger partial charge is 0.480 e. The molecule has 0 radical (unpaired) electrons. The highest BCUT2D eigenvalue weighted by Gasteiger charge is 2.21. The van der Waals surface area contributed by atoms with Gasteiger partial charge in [0.25, 0.3) is 5.89 Å². The highest BCUT2D eigenvalue weighted by molar-refractivity contribution is 5.73. The van der Waals surface area contributed by atoms with Crippen LogP contribution in [0, 0.1) is 5.92 Å². The number of furan rings is 1. The zero-order valence-electron chi connectivity index (χ0n) is 10.7. The first kappa shape index (κ1) is 13.3. The summed E-state index contributed by atoms with van der Waals surface area (Å²) in [7, 11) is 0. The summed E-state index contributed by atoms with van der Waals surface area (Å²) in [6.45, 7) is 3.88. The van der Waals surface area contributed by atoms with Gasteiger partial charge in [0, 0.05) is 0 Å². The van der Waals surface area contributed by atoms with Crippen LogP contribution in [0.1, 0.15) is 19.7 Å². The normalized spacial score (nSPS) is 12.8. The molecule has 19 heavy (non-hydrogen) atoms. The van der Waals surface area contributed by atoms with Gasteiger partial charge in [-0.2, -0.15) is 4.98 Å². The second kappa shape index (κ2) is 5.66. The number of hydrogen-bond acceptors (Lipinski definition) is 6. The maximum Gasteiger partial charge on any atom is 0.320 e. The Labute approximate surface area is 109 Å². The minimum atomic E-state index is -0.898. The van der Waals surface area contributed by atoms with E-state index in [9.17, 15) is 4.79 Å². The Bertz CT molecular complexity index is 533. The fourth-order valence-corrected chi connectivity index (χ4v) is 1.64. The minimum absolute atomic E-state index is 0.0334. The van der Waals surface area contributed by atoms with Gasteiger partial charge in [0.1, 0.15) is 6.04 Å². The number of nitrogens with one attached hydrogen (secondary N) is 1. The zero-order chi connectivity index (χ0) is 13.8. The van der Waals surface area contributed by atoms with Gasteiger partial charge in [-0.1, -0.05) is 19.0 Å². The molecule has 0 saturated heterocycles. The Hall–Kier alpha value is -2.15. The van der Waals surface area contributed by atoms with Crippen LogP contribution in [0.3, 0.4) is 0 Å². The number of carboxylic acids is 1. The summed E-state index contributed by atoms with van der Waals surface area (Å²) in [5.41, 5.74) is 0. The monoisotopic (exact) mass is 265 g/mol. The lowest BCUT2D eigenvalue weighted by Crippen LogP contribution is -2.40. The Kier molecular flexibility index (Phi) is 3.96. The van der Waals surface area contributed by atoms with E-state index in [1.54, 1.807) is 12.1 Å². The lowest BCUT2D eigenvalue weighted by Gasteiger charge is -2.16. The quantitative estimate of drug-likeness (QED) is 0.816. The van der Waals surface area contributed by atoms with Crippen molar-refractivity contribution >= 4 is 5.97 Å². The summed E-state index contributed by atoms with van der Waals surface area (Å²) < 4.78 is 10.1. The molecular formula is C12H15N3O4. The third-order valence-corrected chi connectivity index (χ3v) is 2.61.